The van der Waals surface area contributed by atoms with Gasteiger partial charge in [-0.15, -0.1) is 0 Å². The van der Waals surface area contributed by atoms with Crippen LogP contribution in [0, 0.1) is 11.4 Å². The number of hydrogen-bond acceptors (Lipinski definition) is 2. The molecule has 1 rings (SSSR count). The summed E-state index contributed by atoms with van der Waals surface area (Å²) in [6.45, 7) is 0.778. The van der Waals surface area contributed by atoms with E-state index in [1.165, 1.54) is 12.8 Å². The summed E-state index contributed by atoms with van der Waals surface area (Å²) >= 11 is 0. The molecule has 0 bridgehead atoms. The van der Waals surface area contributed by atoms with Gasteiger partial charge >= 0.3 is 0 Å². The maximum Gasteiger partial charge on any atom is 0.0624 e. The molecule has 0 aromatic rings. The van der Waals surface area contributed by atoms with Crippen molar-refractivity contribution in [2.24, 2.45) is 11.0 Å². The van der Waals surface area contributed by atoms with Crippen LogP contribution >= 0.6 is 0 Å². The molecule has 1 saturated carbocycles. The maximum absolute atomic E-state index is 6.40. The predicted molar refractivity (Wildman–Crippen MR) is 22.7 cm³/mol. The van der Waals surface area contributed by atoms with Gasteiger partial charge in [0.25, 0.3) is 0 Å². The lowest BCUT2D eigenvalue weighted by Crippen LogP contribution is -1.75. The second-order valence-electron chi connectivity index (χ2n) is 1.78. The smallest absolute Gasteiger partial charge is 0.0624 e. The number of hydrogen-bond donors (Lipinski definition) is 1. The van der Waals surface area contributed by atoms with Gasteiger partial charge in [-0.2, -0.15) is 5.11 Å². The van der Waals surface area contributed by atoms with Crippen LogP contribution in [-0.2, 0) is 0 Å². The second-order valence-corrected chi connectivity index (χ2v) is 1.78. The van der Waals surface area contributed by atoms with Gasteiger partial charge in [0, 0.05) is 0 Å². The van der Waals surface area contributed by atoms with Crippen LogP contribution in [0.2, 0.25) is 0 Å². The molecule has 0 spiro atoms. The van der Waals surface area contributed by atoms with Crippen LogP contribution < -0.4 is 0 Å². The second kappa shape index (κ2) is 1.37. The highest BCUT2D eigenvalue weighted by atomic mass is 15.0. The lowest BCUT2D eigenvalue weighted by atomic mass is 10.4. The molecule has 0 aromatic heterocycles. The van der Waals surface area contributed by atoms with Crippen LogP contribution in [0.5, 0.6) is 0 Å². The molecule has 1 fully saturated rings. The first-order valence-corrected chi connectivity index (χ1v) is 2.26. The molecule has 1 aliphatic carbocycles. The molecule has 34 valence electrons. The van der Waals surface area contributed by atoms with Crippen LogP contribution in [0.3, 0.4) is 0 Å². The highest BCUT2D eigenvalue weighted by Gasteiger charge is 2.19. The Balaban J connectivity index is 2.00. The fraction of sp³-hybridized carbons (Fsp3) is 1.00. The van der Waals surface area contributed by atoms with Gasteiger partial charge < -0.3 is 0 Å². The van der Waals surface area contributed by atoms with Gasteiger partial charge in [-0.1, -0.05) is 0 Å². The van der Waals surface area contributed by atoms with E-state index in [9.17, 15) is 0 Å². The first-order valence-electron chi connectivity index (χ1n) is 2.26. The van der Waals surface area contributed by atoms with Crippen LogP contribution in [0.15, 0.2) is 5.11 Å². The highest BCUT2D eigenvalue weighted by Crippen LogP contribution is 2.28. The van der Waals surface area contributed by atoms with Crippen molar-refractivity contribution in [1.29, 1.82) is 5.53 Å². The predicted octanol–water partition coefficient (Wildman–Crippen LogP) is 1.43. The molecule has 2 nitrogen and oxygen atoms in total. The third kappa shape index (κ3) is 0.776. The zero-order valence-electron chi connectivity index (χ0n) is 3.65. The highest BCUT2D eigenvalue weighted by molar-refractivity contribution is 4.73. The SMILES string of the molecule is N=NCC1CC1. The molecular formula is C4H8N2. The Morgan fingerprint density at radius 1 is 1.67 bits per heavy atom. The van der Waals surface area contributed by atoms with Crippen LogP contribution in [0.25, 0.3) is 0 Å². The fourth-order valence-corrected chi connectivity index (χ4v) is 0.430. The van der Waals surface area contributed by atoms with Crippen molar-refractivity contribution in [3.05, 3.63) is 0 Å². The molecule has 0 heterocycles. The summed E-state index contributed by atoms with van der Waals surface area (Å²) in [7, 11) is 0. The van der Waals surface area contributed by atoms with E-state index in [1.54, 1.807) is 0 Å². The van der Waals surface area contributed by atoms with Gasteiger partial charge in [0.2, 0.25) is 0 Å². The molecule has 0 unspecified atom stereocenters. The molecule has 0 atom stereocenters. The molecule has 0 aromatic carbocycles. The zero-order chi connectivity index (χ0) is 4.41. The topological polar surface area (TPSA) is 36.2 Å². The Bertz CT molecular complexity index is 56.6. The van der Waals surface area contributed by atoms with E-state index in [-0.39, 0.29) is 0 Å². The van der Waals surface area contributed by atoms with Crippen molar-refractivity contribution in [3.8, 4) is 0 Å². The van der Waals surface area contributed by atoms with E-state index < -0.39 is 0 Å². The largest absolute Gasteiger partial charge is 0.210 e. The molecule has 1 aliphatic rings. The van der Waals surface area contributed by atoms with Crippen molar-refractivity contribution >= 4 is 0 Å². The van der Waals surface area contributed by atoms with Crippen molar-refractivity contribution < 1.29 is 0 Å². The zero-order valence-corrected chi connectivity index (χ0v) is 3.65. The Hall–Kier alpha value is -0.400. The normalized spacial score (nSPS) is 20.7. The first-order chi connectivity index (χ1) is 2.93. The molecular weight excluding hydrogens is 76.1 g/mol. The van der Waals surface area contributed by atoms with Gasteiger partial charge in [0.05, 0.1) is 6.54 Å². The lowest BCUT2D eigenvalue weighted by molar-refractivity contribution is 0.782. The average molecular weight is 84.1 g/mol. The summed E-state index contributed by atoms with van der Waals surface area (Å²) in [6.07, 6.45) is 2.62. The summed E-state index contributed by atoms with van der Waals surface area (Å²) in [5.74, 6) is 0.794. The van der Waals surface area contributed by atoms with Crippen LogP contribution in [-0.4, -0.2) is 6.54 Å². The van der Waals surface area contributed by atoms with E-state index >= 15 is 0 Å². The lowest BCUT2D eigenvalue weighted by Gasteiger charge is -1.75. The van der Waals surface area contributed by atoms with Gasteiger partial charge in [-0.05, 0) is 18.8 Å². The van der Waals surface area contributed by atoms with E-state index in [0.29, 0.717) is 0 Å². The minimum atomic E-state index is 0.778. The molecule has 0 saturated heterocycles. The summed E-state index contributed by atoms with van der Waals surface area (Å²) in [5.41, 5.74) is 6.40. The molecule has 2 heteroatoms. The van der Waals surface area contributed by atoms with E-state index in [1.807, 2.05) is 0 Å². The van der Waals surface area contributed by atoms with Gasteiger partial charge in [0.1, 0.15) is 0 Å². The van der Waals surface area contributed by atoms with E-state index in [0.717, 1.165) is 12.5 Å². The Labute approximate surface area is 37.1 Å². The van der Waals surface area contributed by atoms with Crippen molar-refractivity contribution in [3.63, 3.8) is 0 Å². The van der Waals surface area contributed by atoms with Crippen LogP contribution in [0.4, 0.5) is 0 Å². The van der Waals surface area contributed by atoms with E-state index in [2.05, 4.69) is 5.11 Å². The number of nitrogens with one attached hydrogen (secondary N) is 1. The maximum atomic E-state index is 6.40. The third-order valence-electron chi connectivity index (χ3n) is 1.05. The quantitative estimate of drug-likeness (QED) is 0.491. The minimum Gasteiger partial charge on any atom is -0.210 e. The first kappa shape index (κ1) is 3.78. The summed E-state index contributed by atoms with van der Waals surface area (Å²) in [6, 6.07) is 0. The van der Waals surface area contributed by atoms with Gasteiger partial charge in [-0.3, -0.25) is 0 Å². The monoisotopic (exact) mass is 84.1 g/mol. The van der Waals surface area contributed by atoms with Crippen molar-refractivity contribution in [1.82, 2.24) is 0 Å². The molecule has 1 N–H and O–H groups in total. The summed E-state index contributed by atoms with van der Waals surface area (Å²) in [5, 5.41) is 3.25. The van der Waals surface area contributed by atoms with Gasteiger partial charge in [0.15, 0.2) is 0 Å². The summed E-state index contributed by atoms with van der Waals surface area (Å²) in [4.78, 5) is 0. The molecule has 0 amide bonds. The standard InChI is InChI=1S/C4H8N2/c5-6-3-4-1-2-4/h4-5H,1-3H2. The number of nitrogens with zero attached hydrogens (tertiary/aromatic N) is 1. The van der Waals surface area contributed by atoms with Gasteiger partial charge in [-0.25, -0.2) is 5.53 Å². The Kier molecular flexibility index (Phi) is 0.862. The minimum absolute atomic E-state index is 0.778. The van der Waals surface area contributed by atoms with E-state index in [4.69, 9.17) is 5.53 Å². The van der Waals surface area contributed by atoms with Crippen molar-refractivity contribution in [2.75, 3.05) is 6.54 Å². The average Bonchev–Trinajstić information content (AvgIpc) is 2.21. The van der Waals surface area contributed by atoms with Crippen LogP contribution in [0.1, 0.15) is 12.8 Å². The fourth-order valence-electron chi connectivity index (χ4n) is 0.430. The Morgan fingerprint density at radius 2 is 2.33 bits per heavy atom. The Morgan fingerprint density at radius 3 is 2.50 bits per heavy atom. The third-order valence-corrected chi connectivity index (χ3v) is 1.05. The van der Waals surface area contributed by atoms with Crippen molar-refractivity contribution in [2.45, 2.75) is 12.8 Å². The molecule has 6 heavy (non-hydrogen) atoms. The molecule has 0 radical (unpaired) electrons. The number of rotatable bonds is 2. The molecule has 0 aliphatic heterocycles. The summed E-state index contributed by atoms with van der Waals surface area (Å²) < 4.78 is 0.